The van der Waals surface area contributed by atoms with Crippen LogP contribution in [0.25, 0.3) is 10.8 Å². The van der Waals surface area contributed by atoms with Crippen LogP contribution in [0.2, 0.25) is 0 Å². The Morgan fingerprint density at radius 2 is 2.05 bits per heavy atom. The van der Waals surface area contributed by atoms with Gasteiger partial charge < -0.3 is 20.5 Å². The van der Waals surface area contributed by atoms with E-state index in [0.29, 0.717) is 5.69 Å². The van der Waals surface area contributed by atoms with Crippen LogP contribution in [0.4, 0.5) is 5.69 Å². The number of nitrogen functional groups attached to an aromatic ring is 1. The molecule has 4 heteroatoms. The zero-order chi connectivity index (χ0) is 13.4. The molecule has 19 heavy (non-hydrogen) atoms. The molecule has 1 fully saturated rings. The first kappa shape index (κ1) is 12.4. The van der Waals surface area contributed by atoms with E-state index in [9.17, 15) is 10.2 Å². The highest BCUT2D eigenvalue weighted by Gasteiger charge is 2.28. The summed E-state index contributed by atoms with van der Waals surface area (Å²) in [5.41, 5.74) is 6.55. The Labute approximate surface area is 112 Å². The lowest BCUT2D eigenvalue weighted by molar-refractivity contribution is 0.134. The highest BCUT2D eigenvalue weighted by molar-refractivity contribution is 5.97. The van der Waals surface area contributed by atoms with Gasteiger partial charge >= 0.3 is 0 Å². The highest BCUT2D eigenvalue weighted by atomic mass is 16.3. The summed E-state index contributed by atoms with van der Waals surface area (Å²) in [6.07, 6.45) is 6.28. The lowest BCUT2D eigenvalue weighted by Gasteiger charge is -2.31. The molecule has 1 heterocycles. The number of anilines is 1. The molecule has 1 aromatic heterocycles. The van der Waals surface area contributed by atoms with Gasteiger partial charge in [-0.3, -0.25) is 0 Å². The molecule has 2 aromatic rings. The van der Waals surface area contributed by atoms with Gasteiger partial charge in [0, 0.05) is 35.8 Å². The molecule has 2 atom stereocenters. The molecule has 4 nitrogen and oxygen atoms in total. The monoisotopic (exact) mass is 260 g/mol. The van der Waals surface area contributed by atoms with Gasteiger partial charge in [-0.2, -0.15) is 0 Å². The van der Waals surface area contributed by atoms with E-state index in [1.165, 1.54) is 0 Å². The summed E-state index contributed by atoms with van der Waals surface area (Å²) in [4.78, 5) is 0. The fourth-order valence-electron chi connectivity index (χ4n) is 3.31. The average molecular weight is 260 g/mol. The summed E-state index contributed by atoms with van der Waals surface area (Å²) in [6, 6.07) is 5.83. The lowest BCUT2D eigenvalue weighted by Crippen LogP contribution is -2.25. The van der Waals surface area contributed by atoms with E-state index in [2.05, 4.69) is 0 Å². The number of benzene rings is 1. The van der Waals surface area contributed by atoms with Gasteiger partial charge in [-0.1, -0.05) is 25.0 Å². The molecule has 0 bridgehead atoms. The maximum Gasteiger partial charge on any atom is 0.201 e. The van der Waals surface area contributed by atoms with E-state index < -0.39 is 0 Å². The number of aliphatic hydroxyl groups is 1. The van der Waals surface area contributed by atoms with Gasteiger partial charge in [0.05, 0.1) is 5.39 Å². The van der Waals surface area contributed by atoms with Crippen LogP contribution in [0.3, 0.4) is 0 Å². The van der Waals surface area contributed by atoms with E-state index in [0.717, 1.165) is 36.5 Å². The Morgan fingerprint density at radius 1 is 1.26 bits per heavy atom. The first-order valence-corrected chi connectivity index (χ1v) is 6.91. The quantitative estimate of drug-likeness (QED) is 0.727. The van der Waals surface area contributed by atoms with Crippen molar-refractivity contribution in [3.05, 3.63) is 24.4 Å². The number of aromatic hydroxyl groups is 1. The van der Waals surface area contributed by atoms with Gasteiger partial charge in [-0.25, -0.2) is 0 Å². The van der Waals surface area contributed by atoms with Gasteiger partial charge in [0.25, 0.3) is 0 Å². The predicted molar refractivity (Wildman–Crippen MR) is 76.1 cm³/mol. The van der Waals surface area contributed by atoms with Gasteiger partial charge in [0.15, 0.2) is 0 Å². The highest BCUT2D eigenvalue weighted by Crippen LogP contribution is 2.40. The van der Waals surface area contributed by atoms with E-state index >= 15 is 0 Å². The Hall–Kier alpha value is -1.68. The molecule has 0 saturated heterocycles. The minimum absolute atomic E-state index is 0.172. The van der Waals surface area contributed by atoms with Crippen molar-refractivity contribution < 1.29 is 10.2 Å². The van der Waals surface area contributed by atoms with Gasteiger partial charge in [-0.05, 0) is 18.9 Å². The number of rotatable bonds is 2. The third-order valence-electron chi connectivity index (χ3n) is 4.34. The van der Waals surface area contributed by atoms with Crippen LogP contribution < -0.4 is 5.73 Å². The van der Waals surface area contributed by atoms with Crippen molar-refractivity contribution in [2.75, 3.05) is 12.3 Å². The fraction of sp³-hybridized carbons (Fsp3) is 0.467. The second-order valence-corrected chi connectivity index (χ2v) is 5.47. The van der Waals surface area contributed by atoms with Gasteiger partial charge in [-0.15, -0.1) is 0 Å². The molecule has 0 unspecified atom stereocenters. The molecule has 0 amide bonds. The summed E-state index contributed by atoms with van der Waals surface area (Å²) in [5, 5.41) is 21.6. The number of aliphatic hydroxyl groups excluding tert-OH is 1. The fourth-order valence-corrected chi connectivity index (χ4v) is 3.31. The van der Waals surface area contributed by atoms with Crippen LogP contribution >= 0.6 is 0 Å². The second-order valence-electron chi connectivity index (χ2n) is 5.47. The largest absolute Gasteiger partial charge is 0.494 e. The van der Waals surface area contributed by atoms with Crippen molar-refractivity contribution in [2.45, 2.75) is 31.7 Å². The van der Waals surface area contributed by atoms with E-state index in [-0.39, 0.29) is 24.4 Å². The maximum atomic E-state index is 10.4. The summed E-state index contributed by atoms with van der Waals surface area (Å²) >= 11 is 0. The van der Waals surface area contributed by atoms with E-state index in [4.69, 9.17) is 5.73 Å². The molecule has 1 aliphatic rings. The Bertz CT molecular complexity index is 591. The van der Waals surface area contributed by atoms with Crippen molar-refractivity contribution in [2.24, 2.45) is 5.92 Å². The Balaban J connectivity index is 2.09. The average Bonchev–Trinajstić information content (AvgIpc) is 2.77. The number of hydrogen-bond acceptors (Lipinski definition) is 3. The van der Waals surface area contributed by atoms with Crippen molar-refractivity contribution in [1.82, 2.24) is 4.57 Å². The molecule has 0 aliphatic heterocycles. The molecule has 3 rings (SSSR count). The Morgan fingerprint density at radius 3 is 2.79 bits per heavy atom. The smallest absolute Gasteiger partial charge is 0.201 e. The SMILES string of the molecule is Nc1cccc2cn([C@H]3CCCC[C@@H]3CO)c(O)c12. The summed E-state index contributed by atoms with van der Waals surface area (Å²) in [6.45, 7) is 0.175. The normalized spacial score (nSPS) is 23.8. The minimum Gasteiger partial charge on any atom is -0.494 e. The first-order chi connectivity index (χ1) is 9.22. The van der Waals surface area contributed by atoms with Crippen LogP contribution in [-0.2, 0) is 0 Å². The molecular formula is C15H20N2O2. The van der Waals surface area contributed by atoms with Crippen LogP contribution in [-0.4, -0.2) is 21.4 Å². The second kappa shape index (κ2) is 4.78. The Kier molecular flexibility index (Phi) is 3.11. The number of hydrogen-bond donors (Lipinski definition) is 3. The lowest BCUT2D eigenvalue weighted by atomic mass is 9.85. The number of fused-ring (bicyclic) bond motifs is 1. The predicted octanol–water partition coefficient (Wildman–Crippen LogP) is 2.65. The van der Waals surface area contributed by atoms with Crippen molar-refractivity contribution >= 4 is 16.5 Å². The van der Waals surface area contributed by atoms with Crippen LogP contribution in [0, 0.1) is 5.92 Å². The van der Waals surface area contributed by atoms with Crippen LogP contribution in [0.15, 0.2) is 24.4 Å². The molecule has 0 radical (unpaired) electrons. The summed E-state index contributed by atoms with van der Waals surface area (Å²) < 4.78 is 1.90. The zero-order valence-electron chi connectivity index (χ0n) is 10.9. The third-order valence-corrected chi connectivity index (χ3v) is 4.34. The van der Waals surface area contributed by atoms with Crippen molar-refractivity contribution in [1.29, 1.82) is 0 Å². The summed E-state index contributed by atoms with van der Waals surface area (Å²) in [5.74, 6) is 0.459. The summed E-state index contributed by atoms with van der Waals surface area (Å²) in [7, 11) is 0. The third kappa shape index (κ3) is 1.96. The number of nitrogens with zero attached hydrogens (tertiary/aromatic N) is 1. The standard InChI is InChI=1S/C15H20N2O2/c16-12-6-3-5-10-8-17(15(19)14(10)12)13-7-2-1-4-11(13)9-18/h3,5-6,8,11,13,18-19H,1-2,4,7,9,16H2/t11-,13+/m1/s1. The molecule has 4 N–H and O–H groups in total. The van der Waals surface area contributed by atoms with Crippen LogP contribution in [0.5, 0.6) is 5.88 Å². The number of nitrogens with two attached hydrogens (primary N) is 1. The number of aromatic nitrogens is 1. The molecule has 1 aliphatic carbocycles. The van der Waals surface area contributed by atoms with E-state index in [1.54, 1.807) is 6.07 Å². The first-order valence-electron chi connectivity index (χ1n) is 6.91. The maximum absolute atomic E-state index is 10.4. The van der Waals surface area contributed by atoms with Gasteiger partial charge in [0.1, 0.15) is 0 Å². The molecule has 102 valence electrons. The van der Waals surface area contributed by atoms with Crippen molar-refractivity contribution in [3.8, 4) is 5.88 Å². The molecular weight excluding hydrogens is 240 g/mol. The van der Waals surface area contributed by atoms with Crippen molar-refractivity contribution in [3.63, 3.8) is 0 Å². The zero-order valence-corrected chi connectivity index (χ0v) is 10.9. The van der Waals surface area contributed by atoms with E-state index in [1.807, 2.05) is 22.9 Å². The van der Waals surface area contributed by atoms with Crippen LogP contribution in [0.1, 0.15) is 31.7 Å². The molecule has 0 spiro atoms. The topological polar surface area (TPSA) is 71.4 Å². The minimum atomic E-state index is 0.172. The molecule has 1 aromatic carbocycles. The van der Waals surface area contributed by atoms with Gasteiger partial charge in [0.2, 0.25) is 5.88 Å². The molecule has 1 saturated carbocycles.